The highest BCUT2D eigenvalue weighted by molar-refractivity contribution is 6.30. The van der Waals surface area contributed by atoms with Crippen LogP contribution in [0.15, 0.2) is 48.5 Å². The van der Waals surface area contributed by atoms with Gasteiger partial charge in [0.15, 0.2) is 12.2 Å². The molecule has 30 heavy (non-hydrogen) atoms. The lowest BCUT2D eigenvalue weighted by Gasteiger charge is -2.28. The normalized spacial score (nSPS) is 17.8. The summed E-state index contributed by atoms with van der Waals surface area (Å²) in [5, 5.41) is 32.4. The van der Waals surface area contributed by atoms with E-state index in [9.17, 15) is 19.8 Å². The maximum atomic E-state index is 12.8. The van der Waals surface area contributed by atoms with Crippen molar-refractivity contribution in [2.45, 2.75) is 37.6 Å². The minimum absolute atomic E-state index is 0.0946. The molecule has 2 aromatic carbocycles. The number of likely N-dealkylation sites (tertiary alicyclic amines) is 1. The summed E-state index contributed by atoms with van der Waals surface area (Å²) < 4.78 is 0. The maximum absolute atomic E-state index is 12.8. The first-order valence-corrected chi connectivity index (χ1v) is 9.97. The average molecular weight is 428 g/mol. The minimum atomic E-state index is -1.89. The van der Waals surface area contributed by atoms with Crippen molar-refractivity contribution in [2.75, 3.05) is 6.54 Å². The van der Waals surface area contributed by atoms with Crippen LogP contribution in [0.3, 0.4) is 0 Å². The Labute approximate surface area is 179 Å². The summed E-state index contributed by atoms with van der Waals surface area (Å²) >= 11 is 6.05. The van der Waals surface area contributed by atoms with Crippen LogP contribution in [0.1, 0.15) is 35.6 Å². The van der Waals surface area contributed by atoms with E-state index in [1.54, 1.807) is 42.5 Å². The summed E-state index contributed by atoms with van der Waals surface area (Å²) in [5.41, 5.74) is 2.06. The molecule has 7 nitrogen and oxygen atoms in total. The van der Waals surface area contributed by atoms with Crippen LogP contribution in [0.5, 0.6) is 0 Å². The third kappa shape index (κ3) is 4.97. The van der Waals surface area contributed by atoms with Crippen LogP contribution in [-0.4, -0.2) is 45.7 Å². The molecule has 2 aromatic rings. The highest BCUT2D eigenvalue weighted by atomic mass is 35.5. The Morgan fingerprint density at radius 1 is 1.20 bits per heavy atom. The number of aliphatic hydroxyl groups excluding tert-OH is 2. The van der Waals surface area contributed by atoms with Crippen molar-refractivity contribution in [1.29, 1.82) is 5.26 Å². The van der Waals surface area contributed by atoms with Gasteiger partial charge in [-0.3, -0.25) is 9.59 Å². The topological polar surface area (TPSA) is 114 Å². The molecule has 1 heterocycles. The lowest BCUT2D eigenvalue weighted by atomic mass is 10.0. The standard InChI is InChI=1S/C22H22ClN3O4/c23-17-4-1-3-16(11-17)18-5-2-10-26(18)22(30)20(28)19(27)21(29)25-13-15-8-6-14(12-24)7-9-15/h1,3-4,6-9,11,18-20,27-28H,2,5,10,13H2,(H,25,29)/t18?,19-,20-/m1/s1. The summed E-state index contributed by atoms with van der Waals surface area (Å²) in [5.74, 6) is -1.54. The van der Waals surface area contributed by atoms with E-state index in [-0.39, 0.29) is 12.6 Å². The molecule has 3 rings (SSSR count). The molecular formula is C22H22ClN3O4. The third-order valence-electron chi connectivity index (χ3n) is 5.14. The zero-order valence-electron chi connectivity index (χ0n) is 16.2. The first kappa shape index (κ1) is 21.8. The first-order valence-electron chi connectivity index (χ1n) is 9.59. The van der Waals surface area contributed by atoms with Crippen molar-refractivity contribution in [3.63, 3.8) is 0 Å². The van der Waals surface area contributed by atoms with Crippen LogP contribution in [0.2, 0.25) is 5.02 Å². The van der Waals surface area contributed by atoms with Gasteiger partial charge in [0.05, 0.1) is 17.7 Å². The Balaban J connectivity index is 1.61. The van der Waals surface area contributed by atoms with Crippen LogP contribution in [0.4, 0.5) is 0 Å². The van der Waals surface area contributed by atoms with Gasteiger partial charge in [-0.2, -0.15) is 5.26 Å². The van der Waals surface area contributed by atoms with Crippen molar-refractivity contribution >= 4 is 23.4 Å². The van der Waals surface area contributed by atoms with Gasteiger partial charge < -0.3 is 20.4 Å². The average Bonchev–Trinajstić information content (AvgIpc) is 3.26. The van der Waals surface area contributed by atoms with E-state index < -0.39 is 24.0 Å². The van der Waals surface area contributed by atoms with Gasteiger partial charge in [0.1, 0.15) is 0 Å². The van der Waals surface area contributed by atoms with Crippen LogP contribution >= 0.6 is 11.6 Å². The predicted molar refractivity (Wildman–Crippen MR) is 110 cm³/mol. The third-order valence-corrected chi connectivity index (χ3v) is 5.37. The van der Waals surface area contributed by atoms with Crippen LogP contribution in [-0.2, 0) is 16.1 Å². The van der Waals surface area contributed by atoms with E-state index in [0.717, 1.165) is 17.5 Å². The summed E-state index contributed by atoms with van der Waals surface area (Å²) in [7, 11) is 0. The van der Waals surface area contributed by atoms with E-state index in [4.69, 9.17) is 16.9 Å². The number of carbonyl (C=O) groups is 2. The van der Waals surface area contributed by atoms with Gasteiger partial charge in [-0.05, 0) is 48.2 Å². The van der Waals surface area contributed by atoms with Crippen LogP contribution in [0.25, 0.3) is 0 Å². The molecule has 3 N–H and O–H groups in total. The van der Waals surface area contributed by atoms with Gasteiger partial charge in [-0.25, -0.2) is 0 Å². The monoisotopic (exact) mass is 427 g/mol. The van der Waals surface area contributed by atoms with E-state index in [1.165, 1.54) is 4.90 Å². The minimum Gasteiger partial charge on any atom is -0.380 e. The summed E-state index contributed by atoms with van der Waals surface area (Å²) in [6.07, 6.45) is -2.31. The first-order chi connectivity index (χ1) is 14.4. The number of nitrogens with one attached hydrogen (secondary N) is 1. The molecule has 8 heteroatoms. The molecule has 1 fully saturated rings. The number of benzene rings is 2. The SMILES string of the molecule is N#Cc1ccc(CNC(=O)[C@H](O)[C@@H](O)C(=O)N2CCCC2c2cccc(Cl)c2)cc1. The lowest BCUT2D eigenvalue weighted by Crippen LogP contribution is -2.50. The second-order valence-corrected chi connectivity index (χ2v) is 7.60. The number of nitrogens with zero attached hydrogens (tertiary/aromatic N) is 2. The fourth-order valence-electron chi connectivity index (χ4n) is 3.53. The molecule has 0 aliphatic carbocycles. The van der Waals surface area contributed by atoms with Gasteiger partial charge in [0, 0.05) is 18.1 Å². The van der Waals surface area contributed by atoms with Gasteiger partial charge in [-0.15, -0.1) is 0 Å². The summed E-state index contributed by atoms with van der Waals surface area (Å²) in [6, 6.07) is 15.5. The molecule has 1 saturated heterocycles. The Morgan fingerprint density at radius 3 is 2.60 bits per heavy atom. The van der Waals surface area contributed by atoms with Crippen molar-refractivity contribution < 1.29 is 19.8 Å². The molecule has 1 unspecified atom stereocenters. The van der Waals surface area contributed by atoms with Crippen molar-refractivity contribution in [3.05, 3.63) is 70.2 Å². The van der Waals surface area contributed by atoms with Gasteiger partial charge in [0.2, 0.25) is 0 Å². The highest BCUT2D eigenvalue weighted by Crippen LogP contribution is 2.33. The molecule has 3 atom stereocenters. The molecule has 0 spiro atoms. The Morgan fingerprint density at radius 2 is 1.93 bits per heavy atom. The smallest absolute Gasteiger partial charge is 0.255 e. The van der Waals surface area contributed by atoms with Crippen molar-refractivity contribution in [3.8, 4) is 6.07 Å². The molecule has 0 radical (unpaired) electrons. The fraction of sp³-hybridized carbons (Fsp3) is 0.318. The summed E-state index contributed by atoms with van der Waals surface area (Å²) in [4.78, 5) is 26.5. The van der Waals surface area contributed by atoms with Crippen LogP contribution < -0.4 is 5.32 Å². The highest BCUT2D eigenvalue weighted by Gasteiger charge is 2.38. The Hall–Kier alpha value is -2.92. The lowest BCUT2D eigenvalue weighted by molar-refractivity contribution is -0.153. The molecule has 0 aromatic heterocycles. The maximum Gasteiger partial charge on any atom is 0.255 e. The van der Waals surface area contributed by atoms with Gasteiger partial charge in [-0.1, -0.05) is 35.9 Å². The van der Waals surface area contributed by atoms with Gasteiger partial charge >= 0.3 is 0 Å². The number of amides is 2. The van der Waals surface area contributed by atoms with E-state index >= 15 is 0 Å². The number of hydrogen-bond acceptors (Lipinski definition) is 5. The molecule has 0 saturated carbocycles. The zero-order chi connectivity index (χ0) is 21.7. The second kappa shape index (κ2) is 9.72. The number of halogens is 1. The summed E-state index contributed by atoms with van der Waals surface area (Å²) in [6.45, 7) is 0.518. The second-order valence-electron chi connectivity index (χ2n) is 7.16. The predicted octanol–water partition coefficient (Wildman–Crippen LogP) is 1.91. The Kier molecular flexibility index (Phi) is 7.06. The number of aliphatic hydroxyl groups is 2. The molecular weight excluding hydrogens is 406 g/mol. The molecule has 0 bridgehead atoms. The Bertz CT molecular complexity index is 958. The van der Waals surface area contributed by atoms with Crippen molar-refractivity contribution in [1.82, 2.24) is 10.2 Å². The number of hydrogen-bond donors (Lipinski definition) is 3. The fourth-order valence-corrected chi connectivity index (χ4v) is 3.73. The molecule has 2 amide bonds. The number of nitriles is 1. The molecule has 156 valence electrons. The molecule has 1 aliphatic rings. The number of carbonyl (C=O) groups excluding carboxylic acids is 2. The van der Waals surface area contributed by atoms with E-state index in [1.807, 2.05) is 12.1 Å². The van der Waals surface area contributed by atoms with E-state index in [0.29, 0.717) is 23.6 Å². The van der Waals surface area contributed by atoms with Gasteiger partial charge in [0.25, 0.3) is 11.8 Å². The largest absolute Gasteiger partial charge is 0.380 e. The van der Waals surface area contributed by atoms with Crippen LogP contribution in [0, 0.1) is 11.3 Å². The van der Waals surface area contributed by atoms with E-state index in [2.05, 4.69) is 5.32 Å². The molecule has 1 aliphatic heterocycles. The number of rotatable bonds is 6. The van der Waals surface area contributed by atoms with Crippen molar-refractivity contribution in [2.24, 2.45) is 0 Å². The quantitative estimate of drug-likeness (QED) is 0.651. The zero-order valence-corrected chi connectivity index (χ0v) is 16.9.